The van der Waals surface area contributed by atoms with Crippen molar-refractivity contribution >= 4 is 22.4 Å². The van der Waals surface area contributed by atoms with Crippen LogP contribution in [0.2, 0.25) is 0 Å². The Balaban J connectivity index is 1.93. The number of nitrogens with zero attached hydrogens (tertiary/aromatic N) is 1. The summed E-state index contributed by atoms with van der Waals surface area (Å²) in [6.07, 6.45) is 0.980. The number of hydrogen-bond acceptors (Lipinski definition) is 6. The van der Waals surface area contributed by atoms with Crippen molar-refractivity contribution in [1.82, 2.24) is 4.98 Å². The van der Waals surface area contributed by atoms with E-state index in [9.17, 15) is 4.79 Å². The standard InChI is InChI=1S/C10H14N2O3S/c1-2-15-9(13)8-6-16-10(12-8)11-7-3-4-14-5-7/h6-7H,2-5H2,1H3,(H,11,12). The number of carbonyl (C=O) groups is 1. The highest BCUT2D eigenvalue weighted by Gasteiger charge is 2.18. The molecule has 1 aromatic rings. The topological polar surface area (TPSA) is 60.5 Å². The predicted molar refractivity (Wildman–Crippen MR) is 60.9 cm³/mol. The minimum Gasteiger partial charge on any atom is -0.461 e. The molecule has 1 aliphatic rings. The Hall–Kier alpha value is -1.14. The highest BCUT2D eigenvalue weighted by molar-refractivity contribution is 7.13. The summed E-state index contributed by atoms with van der Waals surface area (Å²) in [4.78, 5) is 15.5. The second-order valence-corrected chi connectivity index (χ2v) is 4.32. The maximum atomic E-state index is 11.4. The number of ether oxygens (including phenoxy) is 2. The molecule has 1 saturated heterocycles. The molecule has 0 aromatic carbocycles. The Morgan fingerprint density at radius 3 is 3.38 bits per heavy atom. The SMILES string of the molecule is CCOC(=O)c1csc(NC2CCOC2)n1. The molecule has 0 spiro atoms. The molecule has 0 radical (unpaired) electrons. The molecule has 0 aliphatic carbocycles. The number of nitrogens with one attached hydrogen (secondary N) is 1. The molecule has 2 rings (SSSR count). The molecule has 6 heteroatoms. The van der Waals surface area contributed by atoms with Crippen LogP contribution in [0.3, 0.4) is 0 Å². The van der Waals surface area contributed by atoms with E-state index in [0.29, 0.717) is 24.9 Å². The van der Waals surface area contributed by atoms with E-state index in [4.69, 9.17) is 9.47 Å². The van der Waals surface area contributed by atoms with Crippen LogP contribution in [-0.4, -0.2) is 36.8 Å². The Morgan fingerprint density at radius 2 is 2.69 bits per heavy atom. The van der Waals surface area contributed by atoms with Gasteiger partial charge in [0.25, 0.3) is 0 Å². The Labute approximate surface area is 97.8 Å². The monoisotopic (exact) mass is 242 g/mol. The number of rotatable bonds is 4. The van der Waals surface area contributed by atoms with Crippen molar-refractivity contribution in [3.8, 4) is 0 Å². The minimum atomic E-state index is -0.366. The van der Waals surface area contributed by atoms with Gasteiger partial charge in [-0.2, -0.15) is 0 Å². The Morgan fingerprint density at radius 1 is 1.81 bits per heavy atom. The van der Waals surface area contributed by atoms with Crippen LogP contribution in [0.1, 0.15) is 23.8 Å². The summed E-state index contributed by atoms with van der Waals surface area (Å²) in [6, 6.07) is 0.307. The van der Waals surface area contributed by atoms with Crippen LogP contribution >= 0.6 is 11.3 Å². The predicted octanol–water partition coefficient (Wildman–Crippen LogP) is 1.52. The summed E-state index contributed by atoms with van der Waals surface area (Å²) in [5.74, 6) is -0.366. The van der Waals surface area contributed by atoms with Gasteiger partial charge in [-0.15, -0.1) is 11.3 Å². The van der Waals surface area contributed by atoms with E-state index in [1.54, 1.807) is 12.3 Å². The van der Waals surface area contributed by atoms with Crippen molar-refractivity contribution in [3.63, 3.8) is 0 Å². The first kappa shape index (κ1) is 11.3. The van der Waals surface area contributed by atoms with Crippen LogP contribution in [0.4, 0.5) is 5.13 Å². The highest BCUT2D eigenvalue weighted by atomic mass is 32.1. The summed E-state index contributed by atoms with van der Waals surface area (Å²) < 4.78 is 10.1. The van der Waals surface area contributed by atoms with Gasteiger partial charge in [0, 0.05) is 12.0 Å². The minimum absolute atomic E-state index is 0.307. The lowest BCUT2D eigenvalue weighted by molar-refractivity contribution is 0.0520. The van der Waals surface area contributed by atoms with Crippen molar-refractivity contribution in [2.45, 2.75) is 19.4 Å². The summed E-state index contributed by atoms with van der Waals surface area (Å²) in [6.45, 7) is 3.64. The molecule has 2 heterocycles. The molecular weight excluding hydrogens is 228 g/mol. The van der Waals surface area contributed by atoms with Crippen molar-refractivity contribution in [2.24, 2.45) is 0 Å². The Bertz CT molecular complexity index is 361. The summed E-state index contributed by atoms with van der Waals surface area (Å²) in [5, 5.41) is 5.69. The first-order valence-corrected chi connectivity index (χ1v) is 6.14. The lowest BCUT2D eigenvalue weighted by Gasteiger charge is -2.07. The number of anilines is 1. The van der Waals surface area contributed by atoms with Gasteiger partial charge in [-0.25, -0.2) is 9.78 Å². The smallest absolute Gasteiger partial charge is 0.357 e. The molecule has 1 unspecified atom stereocenters. The van der Waals surface area contributed by atoms with E-state index in [1.807, 2.05) is 0 Å². The van der Waals surface area contributed by atoms with Gasteiger partial charge in [-0.1, -0.05) is 0 Å². The molecule has 1 fully saturated rings. The van der Waals surface area contributed by atoms with Crippen molar-refractivity contribution in [2.75, 3.05) is 25.1 Å². The third-order valence-corrected chi connectivity index (χ3v) is 3.02. The Kier molecular flexibility index (Phi) is 3.74. The molecule has 0 amide bonds. The van der Waals surface area contributed by atoms with Crippen molar-refractivity contribution in [3.05, 3.63) is 11.1 Å². The number of carbonyl (C=O) groups excluding carboxylic acids is 1. The summed E-state index contributed by atoms with van der Waals surface area (Å²) in [5.41, 5.74) is 0.369. The van der Waals surface area contributed by atoms with Gasteiger partial charge in [0.05, 0.1) is 19.3 Å². The third-order valence-electron chi connectivity index (χ3n) is 2.25. The zero-order valence-corrected chi connectivity index (χ0v) is 9.88. The largest absolute Gasteiger partial charge is 0.461 e. The number of esters is 1. The molecule has 1 aliphatic heterocycles. The summed E-state index contributed by atoms with van der Waals surface area (Å²) >= 11 is 1.41. The van der Waals surface area contributed by atoms with E-state index < -0.39 is 0 Å². The van der Waals surface area contributed by atoms with Gasteiger partial charge in [-0.3, -0.25) is 0 Å². The molecule has 88 valence electrons. The van der Waals surface area contributed by atoms with Crippen LogP contribution in [0, 0.1) is 0 Å². The van der Waals surface area contributed by atoms with E-state index >= 15 is 0 Å². The fraction of sp³-hybridized carbons (Fsp3) is 0.600. The quantitative estimate of drug-likeness (QED) is 0.811. The van der Waals surface area contributed by atoms with E-state index in [0.717, 1.165) is 18.2 Å². The molecule has 5 nitrogen and oxygen atoms in total. The van der Waals surface area contributed by atoms with Gasteiger partial charge in [0.1, 0.15) is 0 Å². The second-order valence-electron chi connectivity index (χ2n) is 3.46. The maximum absolute atomic E-state index is 11.4. The van der Waals surface area contributed by atoms with Crippen LogP contribution in [0.25, 0.3) is 0 Å². The van der Waals surface area contributed by atoms with Crippen LogP contribution in [0.5, 0.6) is 0 Å². The molecule has 0 bridgehead atoms. The van der Waals surface area contributed by atoms with Crippen molar-refractivity contribution < 1.29 is 14.3 Å². The average molecular weight is 242 g/mol. The zero-order chi connectivity index (χ0) is 11.4. The third kappa shape index (κ3) is 2.70. The molecular formula is C10H14N2O3S. The van der Waals surface area contributed by atoms with Gasteiger partial charge in [0.2, 0.25) is 0 Å². The van der Waals surface area contributed by atoms with Crippen LogP contribution in [-0.2, 0) is 9.47 Å². The normalized spacial score (nSPS) is 19.7. The van der Waals surface area contributed by atoms with Gasteiger partial charge in [0.15, 0.2) is 10.8 Å². The van der Waals surface area contributed by atoms with Crippen LogP contribution < -0.4 is 5.32 Å². The fourth-order valence-corrected chi connectivity index (χ4v) is 2.22. The van der Waals surface area contributed by atoms with Crippen molar-refractivity contribution in [1.29, 1.82) is 0 Å². The van der Waals surface area contributed by atoms with E-state index in [2.05, 4.69) is 10.3 Å². The average Bonchev–Trinajstić information content (AvgIpc) is 2.90. The summed E-state index contributed by atoms with van der Waals surface area (Å²) in [7, 11) is 0. The molecule has 1 N–H and O–H groups in total. The van der Waals surface area contributed by atoms with Crippen LogP contribution in [0.15, 0.2) is 5.38 Å². The van der Waals surface area contributed by atoms with E-state index in [1.165, 1.54) is 11.3 Å². The number of aromatic nitrogens is 1. The molecule has 1 atom stereocenters. The van der Waals surface area contributed by atoms with Gasteiger partial charge < -0.3 is 14.8 Å². The zero-order valence-electron chi connectivity index (χ0n) is 9.06. The molecule has 0 saturated carbocycles. The first-order valence-electron chi connectivity index (χ1n) is 5.26. The molecule has 16 heavy (non-hydrogen) atoms. The van der Waals surface area contributed by atoms with Gasteiger partial charge in [-0.05, 0) is 13.3 Å². The number of thiazole rings is 1. The number of hydrogen-bond donors (Lipinski definition) is 1. The second kappa shape index (κ2) is 5.27. The first-order chi connectivity index (χ1) is 7.79. The van der Waals surface area contributed by atoms with Gasteiger partial charge >= 0.3 is 5.97 Å². The van der Waals surface area contributed by atoms with E-state index in [-0.39, 0.29) is 5.97 Å². The highest BCUT2D eigenvalue weighted by Crippen LogP contribution is 2.19. The fourth-order valence-electron chi connectivity index (χ4n) is 1.46. The molecule has 1 aromatic heterocycles. The lowest BCUT2D eigenvalue weighted by atomic mass is 10.3. The lowest BCUT2D eigenvalue weighted by Crippen LogP contribution is -2.18. The maximum Gasteiger partial charge on any atom is 0.357 e.